The molecule has 10 rings (SSSR count). The maximum Gasteiger partial charge on any atom is 0.138 e. The standard InChI is InChI=1S/C43H27N3/c1-3-11-28(12-4-1)36-17-10-20-41(44-36)46-39-19-9-13-29-21-22-31-25-32(27-40(46)43(31)42(29)39)30-23-24-38-35(26-30)34-16-7-8-18-37(34)45(38)33-14-5-2-6-15-33/h1-27H. The van der Waals surface area contributed by atoms with Crippen LogP contribution in [0, 0.1) is 0 Å². The minimum absolute atomic E-state index is 0.921. The van der Waals surface area contributed by atoms with E-state index in [-0.39, 0.29) is 0 Å². The summed E-state index contributed by atoms with van der Waals surface area (Å²) in [5.74, 6) is 0.921. The molecule has 3 aromatic heterocycles. The number of rotatable bonds is 4. The minimum Gasteiger partial charge on any atom is -0.309 e. The van der Waals surface area contributed by atoms with E-state index in [1.807, 2.05) is 6.07 Å². The van der Waals surface area contributed by atoms with E-state index in [9.17, 15) is 0 Å². The van der Waals surface area contributed by atoms with Crippen molar-refractivity contribution in [3.8, 4) is 33.9 Å². The first-order valence-corrected chi connectivity index (χ1v) is 15.7. The zero-order valence-electron chi connectivity index (χ0n) is 24.9. The van der Waals surface area contributed by atoms with Crippen LogP contribution in [0.4, 0.5) is 0 Å². The number of benzene rings is 7. The molecule has 0 radical (unpaired) electrons. The van der Waals surface area contributed by atoms with Crippen LogP contribution in [0.3, 0.4) is 0 Å². The maximum absolute atomic E-state index is 5.21. The van der Waals surface area contributed by atoms with Gasteiger partial charge in [-0.05, 0) is 82.6 Å². The molecule has 214 valence electrons. The third-order valence-corrected chi connectivity index (χ3v) is 9.45. The monoisotopic (exact) mass is 585 g/mol. The molecule has 10 aromatic rings. The van der Waals surface area contributed by atoms with Crippen LogP contribution < -0.4 is 0 Å². The largest absolute Gasteiger partial charge is 0.309 e. The van der Waals surface area contributed by atoms with Gasteiger partial charge in [0.15, 0.2) is 0 Å². The number of nitrogens with zero attached hydrogens (tertiary/aromatic N) is 3. The van der Waals surface area contributed by atoms with Crippen LogP contribution in [0.5, 0.6) is 0 Å². The van der Waals surface area contributed by atoms with Crippen LogP contribution in [-0.2, 0) is 0 Å². The number of aromatic nitrogens is 3. The molecule has 0 amide bonds. The molecule has 0 bridgehead atoms. The van der Waals surface area contributed by atoms with E-state index in [1.165, 1.54) is 71.2 Å². The first kappa shape index (κ1) is 25.2. The van der Waals surface area contributed by atoms with Crippen LogP contribution in [0.2, 0.25) is 0 Å². The molecule has 0 aliphatic rings. The molecule has 0 aliphatic heterocycles. The van der Waals surface area contributed by atoms with E-state index in [1.54, 1.807) is 0 Å². The number of hydrogen-bond acceptors (Lipinski definition) is 1. The third kappa shape index (κ3) is 3.63. The van der Waals surface area contributed by atoms with Gasteiger partial charge in [0.2, 0.25) is 0 Å². The van der Waals surface area contributed by atoms with Crippen LogP contribution in [0.15, 0.2) is 164 Å². The van der Waals surface area contributed by atoms with Crippen LogP contribution in [0.25, 0.3) is 88.3 Å². The Morgan fingerprint density at radius 1 is 0.370 bits per heavy atom. The topological polar surface area (TPSA) is 22.8 Å². The summed E-state index contributed by atoms with van der Waals surface area (Å²) in [7, 11) is 0. The first-order chi connectivity index (χ1) is 22.8. The molecule has 0 unspecified atom stereocenters. The van der Waals surface area contributed by atoms with Gasteiger partial charge in [-0.2, -0.15) is 0 Å². The average Bonchev–Trinajstić information content (AvgIpc) is 3.65. The first-order valence-electron chi connectivity index (χ1n) is 15.7. The Kier molecular flexibility index (Phi) is 5.28. The summed E-state index contributed by atoms with van der Waals surface area (Å²) in [6, 6.07) is 58.8. The molecular weight excluding hydrogens is 558 g/mol. The lowest BCUT2D eigenvalue weighted by atomic mass is 9.96. The Bertz CT molecular complexity index is 2730. The van der Waals surface area contributed by atoms with Gasteiger partial charge in [0, 0.05) is 32.8 Å². The molecule has 0 aliphatic carbocycles. The maximum atomic E-state index is 5.21. The van der Waals surface area contributed by atoms with Crippen molar-refractivity contribution in [2.45, 2.75) is 0 Å². The summed E-state index contributed by atoms with van der Waals surface area (Å²) in [4.78, 5) is 5.21. The van der Waals surface area contributed by atoms with Crippen molar-refractivity contribution < 1.29 is 0 Å². The summed E-state index contributed by atoms with van der Waals surface area (Å²) >= 11 is 0. The lowest BCUT2D eigenvalue weighted by molar-refractivity contribution is 1.08. The van der Waals surface area contributed by atoms with Crippen molar-refractivity contribution in [1.82, 2.24) is 14.1 Å². The molecule has 0 fully saturated rings. The van der Waals surface area contributed by atoms with E-state index < -0.39 is 0 Å². The van der Waals surface area contributed by atoms with Gasteiger partial charge in [0.25, 0.3) is 0 Å². The number of fused-ring (bicyclic) bond motifs is 3. The second kappa shape index (κ2) is 9.65. The number of para-hydroxylation sites is 2. The van der Waals surface area contributed by atoms with Crippen LogP contribution in [-0.4, -0.2) is 14.1 Å². The summed E-state index contributed by atoms with van der Waals surface area (Å²) < 4.78 is 4.72. The van der Waals surface area contributed by atoms with E-state index in [0.29, 0.717) is 0 Å². The zero-order chi connectivity index (χ0) is 30.2. The highest BCUT2D eigenvalue weighted by atomic mass is 15.1. The fourth-order valence-corrected chi connectivity index (χ4v) is 7.43. The molecule has 46 heavy (non-hydrogen) atoms. The molecule has 3 nitrogen and oxygen atoms in total. The van der Waals surface area contributed by atoms with Crippen molar-refractivity contribution >= 4 is 54.4 Å². The Morgan fingerprint density at radius 3 is 1.98 bits per heavy atom. The Morgan fingerprint density at radius 2 is 1.09 bits per heavy atom. The number of hydrogen-bond donors (Lipinski definition) is 0. The molecule has 0 saturated heterocycles. The predicted octanol–water partition coefficient (Wildman–Crippen LogP) is 11.2. The van der Waals surface area contributed by atoms with Crippen LogP contribution >= 0.6 is 0 Å². The third-order valence-electron chi connectivity index (χ3n) is 9.45. The highest BCUT2D eigenvalue weighted by Gasteiger charge is 2.20. The van der Waals surface area contributed by atoms with Crippen LogP contribution in [0.1, 0.15) is 0 Å². The van der Waals surface area contributed by atoms with Crippen molar-refractivity contribution in [3.05, 3.63) is 164 Å². The lowest BCUT2D eigenvalue weighted by Gasteiger charge is -2.11. The number of pyridine rings is 1. The van der Waals surface area contributed by atoms with Gasteiger partial charge in [-0.15, -0.1) is 0 Å². The van der Waals surface area contributed by atoms with Gasteiger partial charge in [-0.1, -0.05) is 103 Å². The second-order valence-corrected chi connectivity index (χ2v) is 12.0. The van der Waals surface area contributed by atoms with E-state index in [2.05, 4.69) is 167 Å². The summed E-state index contributed by atoms with van der Waals surface area (Å²) in [6.45, 7) is 0. The normalized spacial score (nSPS) is 11.9. The average molecular weight is 586 g/mol. The van der Waals surface area contributed by atoms with Crippen molar-refractivity contribution in [2.24, 2.45) is 0 Å². The lowest BCUT2D eigenvalue weighted by Crippen LogP contribution is -1.98. The van der Waals surface area contributed by atoms with Gasteiger partial charge >= 0.3 is 0 Å². The van der Waals surface area contributed by atoms with Crippen molar-refractivity contribution in [1.29, 1.82) is 0 Å². The molecule has 0 spiro atoms. The summed E-state index contributed by atoms with van der Waals surface area (Å²) in [6.07, 6.45) is 0. The molecule has 3 heteroatoms. The zero-order valence-corrected chi connectivity index (χ0v) is 24.9. The fourth-order valence-electron chi connectivity index (χ4n) is 7.43. The van der Waals surface area contributed by atoms with Gasteiger partial charge < -0.3 is 4.57 Å². The smallest absolute Gasteiger partial charge is 0.138 e. The van der Waals surface area contributed by atoms with Gasteiger partial charge in [-0.3, -0.25) is 4.57 Å². The Labute approximate surface area is 265 Å². The summed E-state index contributed by atoms with van der Waals surface area (Å²) in [5.41, 5.74) is 10.4. The molecule has 0 atom stereocenters. The highest BCUT2D eigenvalue weighted by molar-refractivity contribution is 6.25. The highest BCUT2D eigenvalue weighted by Crippen LogP contribution is 2.42. The van der Waals surface area contributed by atoms with E-state index in [0.717, 1.165) is 17.1 Å². The van der Waals surface area contributed by atoms with E-state index >= 15 is 0 Å². The molecule has 0 N–H and O–H groups in total. The predicted molar refractivity (Wildman–Crippen MR) is 192 cm³/mol. The Balaban J connectivity index is 1.23. The SMILES string of the molecule is c1ccc(-c2cccc(-n3c4cccc5ccc6cc(-c7ccc8c(c7)c7ccccc7n8-c7ccccc7)cc3c6c54)n2)cc1. The fraction of sp³-hybridized carbons (Fsp3) is 0. The quantitative estimate of drug-likeness (QED) is 0.188. The van der Waals surface area contributed by atoms with Gasteiger partial charge in [0.1, 0.15) is 5.82 Å². The van der Waals surface area contributed by atoms with E-state index in [4.69, 9.17) is 4.98 Å². The molecule has 7 aromatic carbocycles. The second-order valence-electron chi connectivity index (χ2n) is 12.0. The van der Waals surface area contributed by atoms with Gasteiger partial charge in [0.05, 0.1) is 27.8 Å². The molecular formula is C43H27N3. The summed E-state index contributed by atoms with van der Waals surface area (Å²) in [5, 5.41) is 7.56. The Hall–Kier alpha value is -6.19. The molecule has 3 heterocycles. The molecule has 0 saturated carbocycles. The minimum atomic E-state index is 0.921. The van der Waals surface area contributed by atoms with Gasteiger partial charge in [-0.25, -0.2) is 4.98 Å². The van der Waals surface area contributed by atoms with Crippen molar-refractivity contribution in [2.75, 3.05) is 0 Å². The van der Waals surface area contributed by atoms with Crippen molar-refractivity contribution in [3.63, 3.8) is 0 Å².